The van der Waals surface area contributed by atoms with E-state index >= 15 is 0 Å². The van der Waals surface area contributed by atoms with Crippen molar-refractivity contribution in [1.29, 1.82) is 0 Å². The predicted octanol–water partition coefficient (Wildman–Crippen LogP) is 3.20. The summed E-state index contributed by atoms with van der Waals surface area (Å²) in [5, 5.41) is 0. The monoisotopic (exact) mass is 281 g/mol. The van der Waals surface area contributed by atoms with Crippen LogP contribution >= 0.6 is 0 Å². The zero-order chi connectivity index (χ0) is 13.2. The van der Waals surface area contributed by atoms with Gasteiger partial charge in [-0.1, -0.05) is 29.8 Å². The lowest BCUT2D eigenvalue weighted by Crippen LogP contribution is -2.00. The second-order valence-electron chi connectivity index (χ2n) is 3.84. The van der Waals surface area contributed by atoms with E-state index in [1.807, 2.05) is 19.1 Å². The molecule has 2 rings (SSSR count). The van der Waals surface area contributed by atoms with Gasteiger partial charge in [-0.3, -0.25) is 4.55 Å². The van der Waals surface area contributed by atoms with E-state index < -0.39 is 10.1 Å². The minimum absolute atomic E-state index is 0. The fourth-order valence-corrected chi connectivity index (χ4v) is 2.10. The Morgan fingerprint density at radius 2 is 1.58 bits per heavy atom. The predicted molar refractivity (Wildman–Crippen MR) is 72.5 cm³/mol. The molecule has 0 amide bonds. The summed E-state index contributed by atoms with van der Waals surface area (Å²) in [6, 6.07) is 13.1. The molecule has 4 N–H and O–H groups in total. The quantitative estimate of drug-likeness (QED) is 0.842. The van der Waals surface area contributed by atoms with Gasteiger partial charge in [0.25, 0.3) is 10.1 Å². The van der Waals surface area contributed by atoms with E-state index in [1.165, 1.54) is 18.2 Å². The van der Waals surface area contributed by atoms with Crippen molar-refractivity contribution in [3.8, 4) is 11.5 Å². The van der Waals surface area contributed by atoms with Crippen LogP contribution in [0.15, 0.2) is 53.4 Å². The van der Waals surface area contributed by atoms with Gasteiger partial charge < -0.3 is 10.9 Å². The number of ether oxygens (including phenoxy) is 1. The van der Waals surface area contributed by atoms with Gasteiger partial charge in [0.05, 0.1) is 0 Å². The summed E-state index contributed by atoms with van der Waals surface area (Å²) < 4.78 is 36.9. The summed E-state index contributed by atoms with van der Waals surface area (Å²) in [7, 11) is -4.29. The minimum Gasteiger partial charge on any atom is -0.456 e. The molecular weight excluding hydrogens is 266 g/mol. The lowest BCUT2D eigenvalue weighted by molar-refractivity contribution is 0.450. The van der Waals surface area contributed by atoms with Gasteiger partial charge >= 0.3 is 0 Å². The van der Waals surface area contributed by atoms with Crippen LogP contribution < -0.4 is 10.9 Å². The summed E-state index contributed by atoms with van der Waals surface area (Å²) in [5.41, 5.74) is 1.07. The summed E-state index contributed by atoms with van der Waals surface area (Å²) in [6.45, 7) is 1.94. The Morgan fingerprint density at radius 3 is 2.16 bits per heavy atom. The van der Waals surface area contributed by atoms with Crippen LogP contribution in [0.1, 0.15) is 5.56 Å². The SMILES string of the molecule is Cc1ccc(Oc2ccccc2S(=O)(=O)O)cc1.N. The van der Waals surface area contributed by atoms with Crippen LogP contribution in [0.25, 0.3) is 0 Å². The fraction of sp³-hybridized carbons (Fsp3) is 0.0769. The molecular formula is C13H15NO4S. The van der Waals surface area contributed by atoms with E-state index in [9.17, 15) is 8.42 Å². The second-order valence-corrected chi connectivity index (χ2v) is 5.23. The van der Waals surface area contributed by atoms with Crippen molar-refractivity contribution in [2.45, 2.75) is 11.8 Å². The molecule has 0 fully saturated rings. The first-order chi connectivity index (χ1) is 8.47. The molecule has 0 aliphatic heterocycles. The Balaban J connectivity index is 0.00000180. The molecule has 0 saturated carbocycles. The first kappa shape index (κ1) is 15.2. The van der Waals surface area contributed by atoms with Gasteiger partial charge in [-0.2, -0.15) is 8.42 Å². The highest BCUT2D eigenvalue weighted by Gasteiger charge is 2.16. The second kappa shape index (κ2) is 5.83. The highest BCUT2D eigenvalue weighted by atomic mass is 32.2. The fourth-order valence-electron chi connectivity index (χ4n) is 1.48. The normalized spacial score (nSPS) is 10.6. The van der Waals surface area contributed by atoms with E-state index in [4.69, 9.17) is 9.29 Å². The van der Waals surface area contributed by atoms with Gasteiger partial charge in [0.15, 0.2) is 0 Å². The molecule has 0 spiro atoms. The molecule has 0 radical (unpaired) electrons. The maximum Gasteiger partial charge on any atom is 0.298 e. The van der Waals surface area contributed by atoms with Crippen molar-refractivity contribution >= 4 is 10.1 Å². The van der Waals surface area contributed by atoms with Crippen molar-refractivity contribution < 1.29 is 17.7 Å². The molecule has 0 saturated heterocycles. The molecule has 2 aromatic rings. The highest BCUT2D eigenvalue weighted by Crippen LogP contribution is 2.28. The van der Waals surface area contributed by atoms with Crippen LogP contribution in [0.5, 0.6) is 11.5 Å². The molecule has 0 aliphatic rings. The minimum atomic E-state index is -4.29. The van der Waals surface area contributed by atoms with E-state index in [1.54, 1.807) is 18.2 Å². The van der Waals surface area contributed by atoms with Gasteiger partial charge in [0, 0.05) is 0 Å². The number of hydrogen-bond donors (Lipinski definition) is 2. The maximum absolute atomic E-state index is 11.2. The molecule has 6 heteroatoms. The molecule has 0 aromatic heterocycles. The Hall–Kier alpha value is -1.89. The van der Waals surface area contributed by atoms with E-state index in [-0.39, 0.29) is 16.8 Å². The maximum atomic E-state index is 11.2. The number of rotatable bonds is 3. The molecule has 0 unspecified atom stereocenters. The van der Waals surface area contributed by atoms with Crippen LogP contribution in [0.4, 0.5) is 0 Å². The summed E-state index contributed by atoms with van der Waals surface area (Å²) >= 11 is 0. The van der Waals surface area contributed by atoms with E-state index in [2.05, 4.69) is 0 Å². The Labute approximate surface area is 112 Å². The molecule has 102 valence electrons. The number of hydrogen-bond acceptors (Lipinski definition) is 4. The van der Waals surface area contributed by atoms with Crippen LogP contribution in [-0.4, -0.2) is 13.0 Å². The van der Waals surface area contributed by atoms with Gasteiger partial charge in [-0.25, -0.2) is 0 Å². The van der Waals surface area contributed by atoms with E-state index in [0.717, 1.165) is 5.56 Å². The lowest BCUT2D eigenvalue weighted by atomic mass is 10.2. The van der Waals surface area contributed by atoms with Crippen LogP contribution in [0, 0.1) is 6.92 Å². The van der Waals surface area contributed by atoms with Gasteiger partial charge in [-0.05, 0) is 31.2 Å². The van der Waals surface area contributed by atoms with Crippen molar-refractivity contribution in [2.75, 3.05) is 0 Å². The molecule has 0 atom stereocenters. The van der Waals surface area contributed by atoms with Crippen molar-refractivity contribution in [3.63, 3.8) is 0 Å². The Morgan fingerprint density at radius 1 is 1.00 bits per heavy atom. The summed E-state index contributed by atoms with van der Waals surface area (Å²) in [6.07, 6.45) is 0. The third-order valence-corrected chi connectivity index (χ3v) is 3.27. The molecule has 5 nitrogen and oxygen atoms in total. The van der Waals surface area contributed by atoms with Crippen molar-refractivity contribution in [3.05, 3.63) is 54.1 Å². The molecule has 0 bridgehead atoms. The molecule has 19 heavy (non-hydrogen) atoms. The zero-order valence-corrected chi connectivity index (χ0v) is 11.2. The van der Waals surface area contributed by atoms with Crippen LogP contribution in [-0.2, 0) is 10.1 Å². The lowest BCUT2D eigenvalue weighted by Gasteiger charge is -2.09. The first-order valence-electron chi connectivity index (χ1n) is 5.28. The number of para-hydroxylation sites is 1. The smallest absolute Gasteiger partial charge is 0.298 e. The van der Waals surface area contributed by atoms with Crippen LogP contribution in [0.2, 0.25) is 0 Å². The zero-order valence-electron chi connectivity index (χ0n) is 10.4. The Kier molecular flexibility index (Phi) is 4.66. The number of benzene rings is 2. The number of aryl methyl sites for hydroxylation is 1. The largest absolute Gasteiger partial charge is 0.456 e. The summed E-state index contributed by atoms with van der Waals surface area (Å²) in [5.74, 6) is 0.612. The summed E-state index contributed by atoms with van der Waals surface area (Å²) in [4.78, 5) is -0.245. The van der Waals surface area contributed by atoms with Crippen molar-refractivity contribution in [1.82, 2.24) is 6.15 Å². The van der Waals surface area contributed by atoms with Gasteiger partial charge in [0.1, 0.15) is 16.4 Å². The third-order valence-electron chi connectivity index (χ3n) is 2.38. The average Bonchev–Trinajstić information content (AvgIpc) is 2.31. The van der Waals surface area contributed by atoms with Crippen molar-refractivity contribution in [2.24, 2.45) is 0 Å². The average molecular weight is 281 g/mol. The standard InChI is InChI=1S/C13H12O4S.H3N/c1-10-6-8-11(9-7-10)17-12-4-2-3-5-13(12)18(14,15)16;/h2-9H,1H3,(H,14,15,16);1H3. The molecule has 0 aliphatic carbocycles. The topological polar surface area (TPSA) is 98.6 Å². The van der Waals surface area contributed by atoms with Gasteiger partial charge in [-0.15, -0.1) is 0 Å². The van der Waals surface area contributed by atoms with E-state index in [0.29, 0.717) is 5.75 Å². The first-order valence-corrected chi connectivity index (χ1v) is 6.72. The highest BCUT2D eigenvalue weighted by molar-refractivity contribution is 7.86. The van der Waals surface area contributed by atoms with Crippen LogP contribution in [0.3, 0.4) is 0 Å². The molecule has 0 heterocycles. The van der Waals surface area contributed by atoms with Gasteiger partial charge in [0.2, 0.25) is 0 Å². The Bertz CT molecular complexity index is 651. The molecule has 2 aromatic carbocycles. The third kappa shape index (κ3) is 3.78.